The summed E-state index contributed by atoms with van der Waals surface area (Å²) < 4.78 is 7.41. The Hall–Kier alpha value is -2.60. The van der Waals surface area contributed by atoms with Crippen molar-refractivity contribution in [3.8, 4) is 11.3 Å². The van der Waals surface area contributed by atoms with Gasteiger partial charge in [-0.15, -0.1) is 0 Å². The first-order valence-electron chi connectivity index (χ1n) is 8.00. The fourth-order valence-electron chi connectivity index (χ4n) is 2.49. The number of halogens is 1. The number of aryl methyl sites for hydroxylation is 2. The third kappa shape index (κ3) is 4.28. The van der Waals surface area contributed by atoms with E-state index in [2.05, 4.69) is 15.4 Å². The Morgan fingerprint density at radius 1 is 1.36 bits per heavy atom. The third-order valence-corrected chi connectivity index (χ3v) is 4.19. The molecule has 2 aromatic heterocycles. The van der Waals surface area contributed by atoms with E-state index in [9.17, 15) is 4.79 Å². The van der Waals surface area contributed by atoms with Gasteiger partial charge >= 0.3 is 0 Å². The van der Waals surface area contributed by atoms with Gasteiger partial charge in [-0.25, -0.2) is 4.98 Å². The zero-order chi connectivity index (χ0) is 17.8. The molecule has 2 heterocycles. The first-order valence-corrected chi connectivity index (χ1v) is 8.38. The number of hydrogen-bond donors (Lipinski definition) is 1. The maximum Gasteiger partial charge on any atom is 0.220 e. The van der Waals surface area contributed by atoms with Crippen LogP contribution in [0.5, 0.6) is 0 Å². The second kappa shape index (κ2) is 7.53. The minimum Gasteiger partial charge on any atom is -0.441 e. The van der Waals surface area contributed by atoms with Gasteiger partial charge in [0.05, 0.1) is 23.5 Å². The molecule has 0 aliphatic carbocycles. The molecule has 7 heteroatoms. The zero-order valence-corrected chi connectivity index (χ0v) is 14.8. The monoisotopic (exact) mass is 358 g/mol. The summed E-state index contributed by atoms with van der Waals surface area (Å²) in [5.41, 5.74) is 1.76. The van der Waals surface area contributed by atoms with Crippen molar-refractivity contribution in [1.29, 1.82) is 0 Å². The summed E-state index contributed by atoms with van der Waals surface area (Å²) in [6.07, 6.45) is 5.99. The average molecular weight is 359 g/mol. The van der Waals surface area contributed by atoms with Crippen LogP contribution >= 0.6 is 11.6 Å². The van der Waals surface area contributed by atoms with Gasteiger partial charge in [0.15, 0.2) is 11.7 Å². The topological polar surface area (TPSA) is 73.0 Å². The van der Waals surface area contributed by atoms with E-state index in [0.717, 1.165) is 11.1 Å². The highest BCUT2D eigenvalue weighted by Gasteiger charge is 2.14. The van der Waals surface area contributed by atoms with E-state index in [-0.39, 0.29) is 11.9 Å². The van der Waals surface area contributed by atoms with Crippen LogP contribution in [-0.2, 0) is 18.3 Å². The Labute approximate surface area is 150 Å². The quantitative estimate of drug-likeness (QED) is 0.731. The molecule has 1 amide bonds. The average Bonchev–Trinajstić information content (AvgIpc) is 3.22. The number of hydrogen-bond acceptors (Lipinski definition) is 4. The molecule has 0 spiro atoms. The Kier molecular flexibility index (Phi) is 5.19. The molecule has 1 N–H and O–H groups in total. The van der Waals surface area contributed by atoms with Crippen molar-refractivity contribution >= 4 is 17.5 Å². The predicted octanol–water partition coefficient (Wildman–Crippen LogP) is 3.54. The molecular weight excluding hydrogens is 340 g/mol. The largest absolute Gasteiger partial charge is 0.441 e. The van der Waals surface area contributed by atoms with Crippen LogP contribution in [0.1, 0.15) is 30.8 Å². The first-order chi connectivity index (χ1) is 12.0. The van der Waals surface area contributed by atoms with E-state index in [1.807, 2.05) is 38.4 Å². The molecule has 0 saturated heterocycles. The fourth-order valence-corrected chi connectivity index (χ4v) is 2.72. The third-order valence-electron chi connectivity index (χ3n) is 3.86. The summed E-state index contributed by atoms with van der Waals surface area (Å²) in [5, 5.41) is 7.66. The molecule has 3 aromatic rings. The van der Waals surface area contributed by atoms with Gasteiger partial charge in [0.2, 0.25) is 5.91 Å². The van der Waals surface area contributed by atoms with Crippen molar-refractivity contribution < 1.29 is 9.21 Å². The van der Waals surface area contributed by atoms with Crippen molar-refractivity contribution in [2.24, 2.45) is 7.05 Å². The molecule has 0 saturated carbocycles. The van der Waals surface area contributed by atoms with Crippen LogP contribution in [0.3, 0.4) is 0 Å². The number of carbonyl (C=O) groups is 1. The van der Waals surface area contributed by atoms with Gasteiger partial charge in [0.25, 0.3) is 0 Å². The SMILES string of the molecule is CC(NC(=O)CCc1ncc(-c2ccccc2Cl)o1)c1cnn(C)c1. The highest BCUT2D eigenvalue weighted by molar-refractivity contribution is 6.33. The molecule has 0 aliphatic rings. The molecule has 0 aliphatic heterocycles. The van der Waals surface area contributed by atoms with E-state index >= 15 is 0 Å². The van der Waals surface area contributed by atoms with Gasteiger partial charge in [-0.2, -0.15) is 5.10 Å². The van der Waals surface area contributed by atoms with Gasteiger partial charge in [-0.05, 0) is 19.1 Å². The first kappa shape index (κ1) is 17.2. The van der Waals surface area contributed by atoms with E-state index in [4.69, 9.17) is 16.0 Å². The van der Waals surface area contributed by atoms with Crippen molar-refractivity contribution in [2.75, 3.05) is 0 Å². The lowest BCUT2D eigenvalue weighted by Crippen LogP contribution is -2.26. The molecule has 1 aromatic carbocycles. The standard InChI is InChI=1S/C18H19ClN4O2/c1-12(13-9-21-23(2)11-13)22-17(24)7-8-18-20-10-16(25-18)14-5-3-4-6-15(14)19/h3-6,9-12H,7-8H2,1-2H3,(H,22,24). The Morgan fingerprint density at radius 2 is 2.16 bits per heavy atom. The fraction of sp³-hybridized carbons (Fsp3) is 0.278. The van der Waals surface area contributed by atoms with Gasteiger partial charge in [0.1, 0.15) is 0 Å². The molecule has 0 radical (unpaired) electrons. The van der Waals surface area contributed by atoms with E-state index in [1.165, 1.54) is 0 Å². The highest BCUT2D eigenvalue weighted by atomic mass is 35.5. The van der Waals surface area contributed by atoms with Crippen molar-refractivity contribution in [3.05, 3.63) is 59.3 Å². The summed E-state index contributed by atoms with van der Waals surface area (Å²) in [7, 11) is 1.84. The molecule has 130 valence electrons. The molecule has 0 bridgehead atoms. The summed E-state index contributed by atoms with van der Waals surface area (Å²) in [4.78, 5) is 16.3. The van der Waals surface area contributed by atoms with Crippen molar-refractivity contribution in [2.45, 2.75) is 25.8 Å². The lowest BCUT2D eigenvalue weighted by atomic mass is 10.2. The molecule has 25 heavy (non-hydrogen) atoms. The second-order valence-corrected chi connectivity index (χ2v) is 6.24. The number of benzene rings is 1. The smallest absolute Gasteiger partial charge is 0.220 e. The number of oxazole rings is 1. The maximum absolute atomic E-state index is 12.1. The van der Waals surface area contributed by atoms with Crippen LogP contribution < -0.4 is 5.32 Å². The minimum absolute atomic E-state index is 0.0613. The Morgan fingerprint density at radius 3 is 2.88 bits per heavy atom. The summed E-state index contributed by atoms with van der Waals surface area (Å²) >= 11 is 6.15. The van der Waals surface area contributed by atoms with Gasteiger partial charge in [-0.1, -0.05) is 23.7 Å². The molecule has 6 nitrogen and oxygen atoms in total. The van der Waals surface area contributed by atoms with Gasteiger partial charge < -0.3 is 9.73 Å². The Bertz CT molecular complexity index is 871. The predicted molar refractivity (Wildman–Crippen MR) is 95.0 cm³/mol. The van der Waals surface area contributed by atoms with Crippen LogP contribution in [0, 0.1) is 0 Å². The van der Waals surface area contributed by atoms with Crippen molar-refractivity contribution in [3.63, 3.8) is 0 Å². The number of carbonyl (C=O) groups excluding carboxylic acids is 1. The molecule has 1 unspecified atom stereocenters. The lowest BCUT2D eigenvalue weighted by molar-refractivity contribution is -0.121. The van der Waals surface area contributed by atoms with E-state index in [0.29, 0.717) is 29.5 Å². The van der Waals surface area contributed by atoms with E-state index < -0.39 is 0 Å². The summed E-state index contributed by atoms with van der Waals surface area (Å²) in [6.45, 7) is 1.93. The van der Waals surface area contributed by atoms with Crippen LogP contribution in [0.25, 0.3) is 11.3 Å². The lowest BCUT2D eigenvalue weighted by Gasteiger charge is -2.11. The van der Waals surface area contributed by atoms with Gasteiger partial charge in [-0.3, -0.25) is 9.48 Å². The van der Waals surface area contributed by atoms with Crippen LogP contribution in [-0.4, -0.2) is 20.7 Å². The Balaban J connectivity index is 1.55. The van der Waals surface area contributed by atoms with E-state index in [1.54, 1.807) is 23.1 Å². The second-order valence-electron chi connectivity index (χ2n) is 5.83. The van der Waals surface area contributed by atoms with Crippen LogP contribution in [0.15, 0.2) is 47.3 Å². The number of nitrogens with zero attached hydrogens (tertiary/aromatic N) is 3. The van der Waals surface area contributed by atoms with Crippen molar-refractivity contribution in [1.82, 2.24) is 20.1 Å². The summed E-state index contributed by atoms with van der Waals surface area (Å²) in [5.74, 6) is 1.05. The number of rotatable bonds is 6. The number of nitrogens with one attached hydrogen (secondary N) is 1. The minimum atomic E-state index is -0.0931. The summed E-state index contributed by atoms with van der Waals surface area (Å²) in [6, 6.07) is 7.32. The zero-order valence-electron chi connectivity index (χ0n) is 14.1. The number of amides is 1. The molecule has 0 fully saturated rings. The maximum atomic E-state index is 12.1. The van der Waals surface area contributed by atoms with Crippen LogP contribution in [0.2, 0.25) is 5.02 Å². The number of aromatic nitrogens is 3. The highest BCUT2D eigenvalue weighted by Crippen LogP contribution is 2.28. The molecular formula is C18H19ClN4O2. The normalized spacial score (nSPS) is 12.1. The molecule has 3 rings (SSSR count). The van der Waals surface area contributed by atoms with Crippen LogP contribution in [0.4, 0.5) is 0 Å². The molecule has 1 atom stereocenters. The van der Waals surface area contributed by atoms with Gasteiger partial charge in [0, 0.05) is 37.2 Å².